The van der Waals surface area contributed by atoms with Crippen LogP contribution in [-0.2, 0) is 4.74 Å². The zero-order chi connectivity index (χ0) is 26.0. The third kappa shape index (κ3) is 2.81. The zero-order valence-electron chi connectivity index (χ0n) is 22.5. The Balaban J connectivity index is 1.39. The van der Waals surface area contributed by atoms with Crippen LogP contribution >= 0.6 is 0 Å². The molecule has 2 aliphatic heterocycles. The second-order valence-electron chi connectivity index (χ2n) is 13.1. The van der Waals surface area contributed by atoms with Gasteiger partial charge in [0.15, 0.2) is 0 Å². The Bertz CT molecular complexity index is 1400. The average Bonchev–Trinajstić information content (AvgIpc) is 3.40. The largest absolute Gasteiger partial charge is 0.388 e. The lowest BCUT2D eigenvalue weighted by molar-refractivity contribution is -0.170. The second kappa shape index (κ2) is 7.41. The molecule has 2 fully saturated rings. The van der Waals surface area contributed by atoms with Gasteiger partial charge >= 0.3 is 0 Å². The van der Waals surface area contributed by atoms with Crippen molar-refractivity contribution in [2.45, 2.75) is 75.9 Å². The van der Waals surface area contributed by atoms with Gasteiger partial charge < -0.3 is 19.8 Å². The van der Waals surface area contributed by atoms with Gasteiger partial charge in [-0.3, -0.25) is 4.98 Å². The molecule has 0 amide bonds. The fourth-order valence-electron chi connectivity index (χ4n) is 8.83. The lowest BCUT2D eigenvalue weighted by Crippen LogP contribution is -2.63. The van der Waals surface area contributed by atoms with Gasteiger partial charge in [-0.25, -0.2) is 0 Å². The highest BCUT2D eigenvalue weighted by Gasteiger charge is 2.70. The molecule has 7 atom stereocenters. The molecule has 1 aromatic carbocycles. The minimum absolute atomic E-state index is 0.134. The molecule has 5 aliphatic rings. The molecule has 3 aliphatic carbocycles. The first-order valence-corrected chi connectivity index (χ1v) is 13.8. The number of aromatic nitrogens is 1. The number of aliphatic hydroxyl groups excluding tert-OH is 2. The van der Waals surface area contributed by atoms with E-state index in [1.165, 1.54) is 27.5 Å². The van der Waals surface area contributed by atoms with Crippen LogP contribution in [0.4, 0.5) is 0 Å². The van der Waals surface area contributed by atoms with Gasteiger partial charge in [0.25, 0.3) is 0 Å². The first kappa shape index (κ1) is 23.8. The Morgan fingerprint density at radius 1 is 1.08 bits per heavy atom. The summed E-state index contributed by atoms with van der Waals surface area (Å²) < 4.78 is 7.34. The smallest absolute Gasteiger partial charge is 0.105 e. The van der Waals surface area contributed by atoms with Crippen molar-refractivity contribution in [3.8, 4) is 0 Å². The summed E-state index contributed by atoms with van der Waals surface area (Å²) in [5.41, 5.74) is 3.59. The Labute approximate surface area is 219 Å². The minimum atomic E-state index is -0.907. The van der Waals surface area contributed by atoms with Gasteiger partial charge in [-0.1, -0.05) is 57.2 Å². The van der Waals surface area contributed by atoms with E-state index in [1.54, 1.807) is 0 Å². The molecule has 2 spiro atoms. The highest BCUT2D eigenvalue weighted by atomic mass is 16.5. The van der Waals surface area contributed by atoms with Gasteiger partial charge in [-0.2, -0.15) is 0 Å². The third-order valence-corrected chi connectivity index (χ3v) is 11.0. The molecular formula is C32H38N2O3. The fourth-order valence-corrected chi connectivity index (χ4v) is 8.83. The van der Waals surface area contributed by atoms with Crippen LogP contribution in [0.2, 0.25) is 0 Å². The molecule has 0 radical (unpaired) electrons. The van der Waals surface area contributed by atoms with Gasteiger partial charge in [-0.15, -0.1) is 0 Å². The average molecular weight is 499 g/mol. The highest BCUT2D eigenvalue weighted by molar-refractivity contribution is 5.95. The topological polar surface area (TPSA) is 65.8 Å². The molecule has 2 bridgehead atoms. The van der Waals surface area contributed by atoms with Crippen LogP contribution in [0.25, 0.3) is 16.3 Å². The van der Waals surface area contributed by atoms with Gasteiger partial charge in [0.2, 0.25) is 0 Å². The predicted molar refractivity (Wildman–Crippen MR) is 146 cm³/mol. The molecule has 194 valence electrons. The number of fused-ring (bicyclic) bond motifs is 2. The summed E-state index contributed by atoms with van der Waals surface area (Å²) in [4.78, 5) is 6.51. The molecule has 3 heterocycles. The van der Waals surface area contributed by atoms with Crippen LogP contribution in [0.3, 0.4) is 0 Å². The molecule has 1 saturated heterocycles. The van der Waals surface area contributed by atoms with E-state index in [1.807, 2.05) is 31.4 Å². The summed E-state index contributed by atoms with van der Waals surface area (Å²) in [6.45, 7) is 7.15. The normalized spacial score (nSPS) is 41.6. The summed E-state index contributed by atoms with van der Waals surface area (Å²) in [5, 5.41) is 24.7. The van der Waals surface area contributed by atoms with E-state index in [4.69, 9.17) is 4.74 Å². The maximum absolute atomic E-state index is 11.3. The highest BCUT2D eigenvalue weighted by Crippen LogP contribution is 2.72. The summed E-state index contributed by atoms with van der Waals surface area (Å²) in [5.74, 6) is 0.288. The van der Waals surface area contributed by atoms with Crippen molar-refractivity contribution in [2.75, 3.05) is 14.1 Å². The predicted octanol–water partition coefficient (Wildman–Crippen LogP) is 4.89. The zero-order valence-corrected chi connectivity index (χ0v) is 22.5. The molecule has 7 rings (SSSR count). The van der Waals surface area contributed by atoms with E-state index in [-0.39, 0.29) is 28.4 Å². The molecule has 37 heavy (non-hydrogen) atoms. The second-order valence-corrected chi connectivity index (χ2v) is 13.1. The van der Waals surface area contributed by atoms with Crippen molar-refractivity contribution in [1.29, 1.82) is 0 Å². The van der Waals surface area contributed by atoms with Crippen molar-refractivity contribution in [1.82, 2.24) is 9.88 Å². The standard InChI is InChI=1S/C32H38N2O3/c1-29(2)16-20-15-24-27(35)28(36)25(34(4)5)17-31(24)12-13-32(20,37-31)26-10-9-23(30(26,29)3)21-8-6-7-19-11-14-33-18-22(19)21/h6-9,11,14-16,18,25-28,35-36H,10,12-13,17H2,1-5H3/t25-,26?,27+,28+,30+,31+,32+/m0/s1. The summed E-state index contributed by atoms with van der Waals surface area (Å²) >= 11 is 0. The molecule has 2 N–H and O–H groups in total. The van der Waals surface area contributed by atoms with E-state index in [0.29, 0.717) is 6.42 Å². The fraction of sp³-hybridized carbons (Fsp3) is 0.531. The van der Waals surface area contributed by atoms with Crippen molar-refractivity contribution >= 4 is 16.3 Å². The number of allylic oxidation sites excluding steroid dienone is 3. The van der Waals surface area contributed by atoms with Gasteiger partial charge in [0.1, 0.15) is 6.10 Å². The Morgan fingerprint density at radius 2 is 1.89 bits per heavy atom. The number of pyridine rings is 1. The molecule has 5 heteroatoms. The van der Waals surface area contributed by atoms with Gasteiger partial charge in [-0.05, 0) is 78.9 Å². The summed E-state index contributed by atoms with van der Waals surface area (Å²) in [6.07, 6.45) is 12.8. The molecular weight excluding hydrogens is 460 g/mol. The number of ether oxygens (including phenoxy) is 1. The maximum Gasteiger partial charge on any atom is 0.105 e. The summed E-state index contributed by atoms with van der Waals surface area (Å²) in [7, 11) is 3.97. The molecule has 1 saturated carbocycles. The third-order valence-electron chi connectivity index (χ3n) is 11.0. The molecule has 2 aromatic rings. The lowest BCUT2D eigenvalue weighted by Gasteiger charge is -2.60. The number of nitrogens with zero attached hydrogens (tertiary/aromatic N) is 2. The van der Waals surface area contributed by atoms with Crippen LogP contribution in [0.15, 0.2) is 66.0 Å². The monoisotopic (exact) mass is 498 g/mol. The Morgan fingerprint density at radius 3 is 2.68 bits per heavy atom. The minimum Gasteiger partial charge on any atom is -0.388 e. The number of hydrogen-bond donors (Lipinski definition) is 2. The Kier molecular flexibility index (Phi) is 4.76. The van der Waals surface area contributed by atoms with Crippen LogP contribution in [0.1, 0.15) is 52.0 Å². The van der Waals surface area contributed by atoms with E-state index < -0.39 is 17.8 Å². The molecule has 5 nitrogen and oxygen atoms in total. The van der Waals surface area contributed by atoms with Crippen LogP contribution in [0, 0.1) is 16.7 Å². The van der Waals surface area contributed by atoms with Crippen LogP contribution in [0.5, 0.6) is 0 Å². The first-order valence-electron chi connectivity index (χ1n) is 13.8. The van der Waals surface area contributed by atoms with E-state index in [2.05, 4.69) is 68.2 Å². The number of aliphatic hydroxyl groups is 2. The first-order chi connectivity index (χ1) is 17.5. The van der Waals surface area contributed by atoms with Crippen molar-refractivity contribution in [2.24, 2.45) is 16.7 Å². The Hall–Kier alpha value is -2.31. The summed E-state index contributed by atoms with van der Waals surface area (Å²) in [6, 6.07) is 8.54. The lowest BCUT2D eigenvalue weighted by atomic mass is 9.49. The van der Waals surface area contributed by atoms with E-state index in [9.17, 15) is 10.2 Å². The molecule has 1 unspecified atom stereocenters. The van der Waals surface area contributed by atoms with Crippen LogP contribution < -0.4 is 0 Å². The van der Waals surface area contributed by atoms with Gasteiger partial charge in [0.05, 0.1) is 17.3 Å². The van der Waals surface area contributed by atoms with Crippen molar-refractivity contribution in [3.63, 3.8) is 0 Å². The number of benzene rings is 1. The number of hydrogen-bond acceptors (Lipinski definition) is 5. The quantitative estimate of drug-likeness (QED) is 0.617. The van der Waals surface area contributed by atoms with Crippen LogP contribution in [-0.4, -0.2) is 63.6 Å². The SMILES string of the molecule is CN(C)[C@H]1C[C@@]23CC[C@@]4(O2)C(=CC(C)(C)[C@]2(C)C(c5cccc6ccncc56)=CCC42)C=C3[C@@H](O)[C@@H]1O. The van der Waals surface area contributed by atoms with Gasteiger partial charge in [0, 0.05) is 35.2 Å². The van der Waals surface area contributed by atoms with Crippen molar-refractivity contribution < 1.29 is 14.9 Å². The van der Waals surface area contributed by atoms with Crippen molar-refractivity contribution in [3.05, 3.63) is 71.6 Å². The maximum atomic E-state index is 11.3. The number of likely N-dealkylation sites (N-methyl/N-ethyl adjacent to an activating group) is 1. The van der Waals surface area contributed by atoms with E-state index >= 15 is 0 Å². The number of rotatable bonds is 2. The van der Waals surface area contributed by atoms with E-state index in [0.717, 1.165) is 24.8 Å². The molecule has 1 aromatic heterocycles.